The van der Waals surface area contributed by atoms with E-state index in [1.54, 1.807) is 0 Å². The summed E-state index contributed by atoms with van der Waals surface area (Å²) < 4.78 is 2.34. The molecule has 0 spiro atoms. The first-order valence-electron chi connectivity index (χ1n) is 9.75. The molecule has 1 saturated heterocycles. The number of nitrogens with zero attached hydrogens (tertiary/aromatic N) is 6. The standard InChI is InChI=1S/C19H29N7/c1-3-24(2)17-5-4-15(12-21-17)14-25-9-6-16(7-10-25)19-23-22-18-13-20-8-11-26(18)19/h4-5,12,16,20H,3,6-11,13-14H2,1-2H3. The van der Waals surface area contributed by atoms with Crippen LogP contribution in [0.4, 0.5) is 5.82 Å². The predicted octanol–water partition coefficient (Wildman–Crippen LogP) is 1.61. The summed E-state index contributed by atoms with van der Waals surface area (Å²) >= 11 is 0. The average Bonchev–Trinajstić information content (AvgIpc) is 3.13. The van der Waals surface area contributed by atoms with Crippen molar-refractivity contribution in [1.29, 1.82) is 0 Å². The Hall–Kier alpha value is -1.99. The zero-order valence-electron chi connectivity index (χ0n) is 15.9. The molecule has 0 radical (unpaired) electrons. The van der Waals surface area contributed by atoms with E-state index in [9.17, 15) is 0 Å². The maximum atomic E-state index is 4.59. The number of pyridine rings is 1. The van der Waals surface area contributed by atoms with E-state index in [-0.39, 0.29) is 0 Å². The smallest absolute Gasteiger partial charge is 0.147 e. The summed E-state index contributed by atoms with van der Waals surface area (Å²) in [7, 11) is 2.08. The van der Waals surface area contributed by atoms with Crippen LogP contribution in [0.25, 0.3) is 0 Å². The maximum Gasteiger partial charge on any atom is 0.147 e. The van der Waals surface area contributed by atoms with Crippen LogP contribution < -0.4 is 10.2 Å². The van der Waals surface area contributed by atoms with Crippen molar-refractivity contribution < 1.29 is 0 Å². The molecule has 0 bridgehead atoms. The van der Waals surface area contributed by atoms with E-state index in [0.717, 1.165) is 70.3 Å². The molecule has 2 aliphatic rings. The molecule has 2 aromatic heterocycles. The van der Waals surface area contributed by atoms with E-state index in [2.05, 4.69) is 61.0 Å². The molecule has 0 aliphatic carbocycles. The SMILES string of the molecule is CCN(C)c1ccc(CN2CCC(c3nnc4n3CCNC4)CC2)cn1. The van der Waals surface area contributed by atoms with Crippen LogP contribution in [0, 0.1) is 0 Å². The molecule has 0 atom stereocenters. The Morgan fingerprint density at radius 1 is 1.19 bits per heavy atom. The van der Waals surface area contributed by atoms with Gasteiger partial charge in [0.25, 0.3) is 0 Å². The number of nitrogens with one attached hydrogen (secondary N) is 1. The third-order valence-electron chi connectivity index (χ3n) is 5.68. The molecule has 0 saturated carbocycles. The van der Waals surface area contributed by atoms with Crippen molar-refractivity contribution in [3.63, 3.8) is 0 Å². The van der Waals surface area contributed by atoms with Crippen molar-refractivity contribution in [3.8, 4) is 0 Å². The molecular weight excluding hydrogens is 326 g/mol. The monoisotopic (exact) mass is 355 g/mol. The van der Waals surface area contributed by atoms with Gasteiger partial charge >= 0.3 is 0 Å². The second-order valence-corrected chi connectivity index (χ2v) is 7.39. The van der Waals surface area contributed by atoms with E-state index in [4.69, 9.17) is 0 Å². The Labute approximate surface area is 155 Å². The molecule has 2 aromatic rings. The van der Waals surface area contributed by atoms with Gasteiger partial charge in [-0.3, -0.25) is 4.90 Å². The third-order valence-corrected chi connectivity index (χ3v) is 5.68. The first-order valence-corrected chi connectivity index (χ1v) is 9.75. The fourth-order valence-corrected chi connectivity index (χ4v) is 3.92. The fraction of sp³-hybridized carbons (Fsp3) is 0.632. The van der Waals surface area contributed by atoms with Crippen LogP contribution in [-0.4, -0.2) is 57.9 Å². The van der Waals surface area contributed by atoms with Crippen LogP contribution in [0.1, 0.15) is 42.9 Å². The maximum absolute atomic E-state index is 4.59. The van der Waals surface area contributed by atoms with Crippen LogP contribution in [0.15, 0.2) is 18.3 Å². The summed E-state index contributed by atoms with van der Waals surface area (Å²) in [6.45, 7) is 9.20. The van der Waals surface area contributed by atoms with Gasteiger partial charge < -0.3 is 14.8 Å². The van der Waals surface area contributed by atoms with E-state index in [1.807, 2.05) is 6.20 Å². The summed E-state index contributed by atoms with van der Waals surface area (Å²) in [5, 5.41) is 12.2. The Kier molecular flexibility index (Phi) is 5.17. The highest BCUT2D eigenvalue weighted by Gasteiger charge is 2.27. The summed E-state index contributed by atoms with van der Waals surface area (Å²) in [6.07, 6.45) is 4.35. The number of hydrogen-bond donors (Lipinski definition) is 1. The van der Waals surface area contributed by atoms with Crippen molar-refractivity contribution in [2.75, 3.05) is 38.1 Å². The molecule has 4 rings (SSSR count). The lowest BCUT2D eigenvalue weighted by molar-refractivity contribution is 0.199. The van der Waals surface area contributed by atoms with E-state index in [1.165, 1.54) is 11.4 Å². The highest BCUT2D eigenvalue weighted by Crippen LogP contribution is 2.28. The zero-order chi connectivity index (χ0) is 17.9. The fourth-order valence-electron chi connectivity index (χ4n) is 3.92. The number of fused-ring (bicyclic) bond motifs is 1. The Morgan fingerprint density at radius 3 is 2.77 bits per heavy atom. The van der Waals surface area contributed by atoms with Gasteiger partial charge in [-0.25, -0.2) is 4.98 Å². The minimum atomic E-state index is 0.546. The number of aromatic nitrogens is 4. The first-order chi connectivity index (χ1) is 12.7. The van der Waals surface area contributed by atoms with Crippen LogP contribution >= 0.6 is 0 Å². The van der Waals surface area contributed by atoms with Gasteiger partial charge in [-0.2, -0.15) is 0 Å². The van der Waals surface area contributed by atoms with Crippen molar-refractivity contribution >= 4 is 5.82 Å². The molecule has 4 heterocycles. The molecule has 7 heteroatoms. The minimum Gasteiger partial charge on any atom is -0.360 e. The van der Waals surface area contributed by atoms with Gasteiger partial charge in [0.1, 0.15) is 17.5 Å². The molecule has 26 heavy (non-hydrogen) atoms. The molecule has 140 valence electrons. The number of piperidine rings is 1. The van der Waals surface area contributed by atoms with E-state index < -0.39 is 0 Å². The van der Waals surface area contributed by atoms with Gasteiger partial charge in [-0.05, 0) is 44.5 Å². The number of hydrogen-bond acceptors (Lipinski definition) is 6. The third kappa shape index (κ3) is 3.59. The zero-order valence-corrected chi connectivity index (χ0v) is 15.9. The van der Waals surface area contributed by atoms with Gasteiger partial charge in [0, 0.05) is 45.3 Å². The number of anilines is 1. The van der Waals surface area contributed by atoms with Gasteiger partial charge in [-0.1, -0.05) is 6.07 Å². The van der Waals surface area contributed by atoms with Gasteiger partial charge in [-0.15, -0.1) is 10.2 Å². The summed E-state index contributed by atoms with van der Waals surface area (Å²) in [6, 6.07) is 4.34. The molecule has 2 aliphatic heterocycles. The second-order valence-electron chi connectivity index (χ2n) is 7.39. The highest BCUT2D eigenvalue weighted by molar-refractivity contribution is 5.37. The highest BCUT2D eigenvalue weighted by atomic mass is 15.3. The van der Waals surface area contributed by atoms with E-state index >= 15 is 0 Å². The Balaban J connectivity index is 1.33. The summed E-state index contributed by atoms with van der Waals surface area (Å²) in [5.74, 6) is 3.89. The lowest BCUT2D eigenvalue weighted by Gasteiger charge is -2.32. The quantitative estimate of drug-likeness (QED) is 0.879. The molecular formula is C19H29N7. The molecule has 1 fully saturated rings. The van der Waals surface area contributed by atoms with Crippen molar-refractivity contribution in [2.24, 2.45) is 0 Å². The van der Waals surface area contributed by atoms with Crippen molar-refractivity contribution in [3.05, 3.63) is 35.5 Å². The lowest BCUT2D eigenvalue weighted by Crippen LogP contribution is -2.34. The second kappa shape index (κ2) is 7.72. The van der Waals surface area contributed by atoms with Gasteiger partial charge in [0.05, 0.1) is 6.54 Å². The van der Waals surface area contributed by atoms with Gasteiger partial charge in [0.15, 0.2) is 0 Å². The van der Waals surface area contributed by atoms with Crippen LogP contribution in [0.3, 0.4) is 0 Å². The first kappa shape index (κ1) is 17.4. The Bertz CT molecular complexity index is 716. The predicted molar refractivity (Wildman–Crippen MR) is 102 cm³/mol. The number of likely N-dealkylation sites (tertiary alicyclic amines) is 1. The largest absolute Gasteiger partial charge is 0.360 e. The summed E-state index contributed by atoms with van der Waals surface area (Å²) in [4.78, 5) is 9.28. The molecule has 0 aromatic carbocycles. The molecule has 0 amide bonds. The average molecular weight is 355 g/mol. The van der Waals surface area contributed by atoms with Crippen LogP contribution in [0.5, 0.6) is 0 Å². The minimum absolute atomic E-state index is 0.546. The number of rotatable bonds is 5. The summed E-state index contributed by atoms with van der Waals surface area (Å²) in [5.41, 5.74) is 1.29. The lowest BCUT2D eigenvalue weighted by atomic mass is 9.95. The van der Waals surface area contributed by atoms with Crippen molar-refractivity contribution in [1.82, 2.24) is 30.0 Å². The van der Waals surface area contributed by atoms with Crippen LogP contribution in [-0.2, 0) is 19.6 Å². The normalized spacial score (nSPS) is 18.7. The molecule has 0 unspecified atom stereocenters. The molecule has 1 N–H and O–H groups in total. The Morgan fingerprint density at radius 2 is 2.04 bits per heavy atom. The van der Waals surface area contributed by atoms with Gasteiger partial charge in [0.2, 0.25) is 0 Å². The van der Waals surface area contributed by atoms with Crippen molar-refractivity contribution in [2.45, 2.75) is 45.3 Å². The molecule has 7 nitrogen and oxygen atoms in total. The van der Waals surface area contributed by atoms with Crippen LogP contribution in [0.2, 0.25) is 0 Å². The topological polar surface area (TPSA) is 62.1 Å². The van der Waals surface area contributed by atoms with E-state index in [0.29, 0.717) is 5.92 Å².